The number of hydrogen-bond acceptors (Lipinski definition) is 7. The molecule has 0 heterocycles. The molecule has 0 rings (SSSR count). The number of carbonyl (C=O) groups excluding carboxylic acids is 1. The van der Waals surface area contributed by atoms with Gasteiger partial charge in [-0.2, -0.15) is 13.7 Å². The van der Waals surface area contributed by atoms with E-state index in [1.54, 1.807) is 0 Å². The van der Waals surface area contributed by atoms with Crippen LogP contribution in [0.4, 0.5) is 0 Å². The number of hydrogen-bond donors (Lipinski definition) is 2. The summed E-state index contributed by atoms with van der Waals surface area (Å²) in [5.74, 6) is -0.633. The van der Waals surface area contributed by atoms with Crippen molar-refractivity contribution in [3.8, 4) is 0 Å². The average molecular weight is 397 g/mol. The Morgan fingerprint density at radius 2 is 1.27 bits per heavy atom. The summed E-state index contributed by atoms with van der Waals surface area (Å²) in [6.45, 7) is 2.17. The smallest absolute Gasteiger partial charge is 0.301 e. The van der Waals surface area contributed by atoms with Crippen molar-refractivity contribution in [2.24, 2.45) is 0 Å². The van der Waals surface area contributed by atoms with Gasteiger partial charge in [0.05, 0.1) is 5.25 Å². The van der Waals surface area contributed by atoms with Gasteiger partial charge in [0.15, 0.2) is 0 Å². The van der Waals surface area contributed by atoms with Crippen molar-refractivity contribution in [1.82, 2.24) is 0 Å². The molecule has 0 aliphatic carbocycles. The highest BCUT2D eigenvalue weighted by Gasteiger charge is 2.25. The molecule has 2 N–H and O–H groups in total. The zero-order valence-corrected chi connectivity index (χ0v) is 16.8. The maximum Gasteiger partial charge on any atom is 0.342 e. The molecule has 0 spiro atoms. The van der Waals surface area contributed by atoms with Crippen LogP contribution in [-0.2, 0) is 24.1 Å². The second kappa shape index (κ2) is 16.5. The van der Waals surface area contributed by atoms with Crippen LogP contribution in [0.1, 0.15) is 103 Å². The van der Waals surface area contributed by atoms with Gasteiger partial charge < -0.3 is 4.89 Å². The van der Waals surface area contributed by atoms with Crippen molar-refractivity contribution in [3.63, 3.8) is 0 Å². The van der Waals surface area contributed by atoms with Gasteiger partial charge in [0.25, 0.3) is 10.1 Å². The molecule has 7 nitrogen and oxygen atoms in total. The number of unbranched alkanes of at least 4 members (excludes halogenated alkanes) is 10. The standard InChI is InChI=1S/C18H36O7S/c1-2-3-4-5-6-8-11-14-17(26(22,23)25-21)15-12-9-7-10-13-16-18(19)24-20/h17,20-21H,2-16H2,1H3. The molecular formula is C18H36O7S. The summed E-state index contributed by atoms with van der Waals surface area (Å²) in [4.78, 5) is 14.3. The van der Waals surface area contributed by atoms with E-state index < -0.39 is 21.3 Å². The minimum atomic E-state index is -3.91. The van der Waals surface area contributed by atoms with Crippen LogP contribution in [0.5, 0.6) is 0 Å². The summed E-state index contributed by atoms with van der Waals surface area (Å²) in [5.41, 5.74) is 0. The molecule has 1 unspecified atom stereocenters. The van der Waals surface area contributed by atoms with Gasteiger partial charge >= 0.3 is 5.97 Å². The van der Waals surface area contributed by atoms with Crippen molar-refractivity contribution in [2.75, 3.05) is 0 Å². The maximum absolute atomic E-state index is 11.8. The van der Waals surface area contributed by atoms with Crippen molar-refractivity contribution < 1.29 is 32.9 Å². The van der Waals surface area contributed by atoms with Crippen LogP contribution in [0.15, 0.2) is 0 Å². The van der Waals surface area contributed by atoms with Crippen molar-refractivity contribution in [1.29, 1.82) is 0 Å². The molecule has 8 heteroatoms. The number of carbonyl (C=O) groups is 1. The Hall–Kier alpha value is -0.700. The van der Waals surface area contributed by atoms with E-state index in [1.807, 2.05) is 0 Å². The Morgan fingerprint density at radius 3 is 1.73 bits per heavy atom. The predicted octanol–water partition coefficient (Wildman–Crippen LogP) is 5.06. The third-order valence-corrected chi connectivity index (χ3v) is 6.15. The summed E-state index contributed by atoms with van der Waals surface area (Å²) in [7, 11) is -3.91. The first kappa shape index (κ1) is 25.3. The molecule has 1 atom stereocenters. The molecule has 156 valence electrons. The first-order valence-electron chi connectivity index (χ1n) is 9.89. The van der Waals surface area contributed by atoms with Crippen LogP contribution in [-0.4, -0.2) is 30.2 Å². The largest absolute Gasteiger partial charge is 0.342 e. The molecule has 0 amide bonds. The molecule has 0 aliphatic rings. The lowest BCUT2D eigenvalue weighted by Crippen LogP contribution is -2.22. The molecular weight excluding hydrogens is 360 g/mol. The monoisotopic (exact) mass is 396 g/mol. The fourth-order valence-electron chi connectivity index (χ4n) is 3.04. The van der Waals surface area contributed by atoms with E-state index in [4.69, 9.17) is 10.5 Å². The molecule has 26 heavy (non-hydrogen) atoms. The Bertz CT molecular complexity index is 437. The zero-order chi connectivity index (χ0) is 19.7. The summed E-state index contributed by atoms with van der Waals surface area (Å²) in [6.07, 6.45) is 12.9. The molecule has 0 aromatic rings. The first-order valence-corrected chi connectivity index (χ1v) is 11.4. The fraction of sp³-hybridized carbons (Fsp3) is 0.944. The van der Waals surface area contributed by atoms with Crippen LogP contribution >= 0.6 is 0 Å². The van der Waals surface area contributed by atoms with Crippen LogP contribution < -0.4 is 0 Å². The Balaban J connectivity index is 3.93. The highest BCUT2D eigenvalue weighted by atomic mass is 32.2. The van der Waals surface area contributed by atoms with E-state index in [9.17, 15) is 13.2 Å². The molecule has 0 bridgehead atoms. The fourth-order valence-corrected chi connectivity index (χ4v) is 4.07. The Kier molecular flexibility index (Phi) is 16.0. The second-order valence-corrected chi connectivity index (χ2v) is 8.67. The molecule has 0 aromatic heterocycles. The summed E-state index contributed by atoms with van der Waals surface area (Å²) in [5, 5.41) is 16.1. The quantitative estimate of drug-likeness (QED) is 0.189. The van der Waals surface area contributed by atoms with E-state index in [0.717, 1.165) is 44.9 Å². The lowest BCUT2D eigenvalue weighted by molar-refractivity contribution is -0.234. The van der Waals surface area contributed by atoms with Gasteiger partial charge in [-0.05, 0) is 19.3 Å². The topological polar surface area (TPSA) is 110 Å². The van der Waals surface area contributed by atoms with Gasteiger partial charge in [-0.25, -0.2) is 10.1 Å². The third kappa shape index (κ3) is 13.5. The number of rotatable bonds is 18. The summed E-state index contributed by atoms with van der Waals surface area (Å²) < 4.78 is 27.4. The Morgan fingerprint density at radius 1 is 0.808 bits per heavy atom. The van der Waals surface area contributed by atoms with Gasteiger partial charge in [-0.15, -0.1) is 4.33 Å². The van der Waals surface area contributed by atoms with Crippen LogP contribution in [0.25, 0.3) is 0 Å². The molecule has 0 aliphatic heterocycles. The summed E-state index contributed by atoms with van der Waals surface area (Å²) in [6, 6.07) is 0. The molecule has 0 saturated carbocycles. The van der Waals surface area contributed by atoms with E-state index in [-0.39, 0.29) is 6.42 Å². The summed E-state index contributed by atoms with van der Waals surface area (Å²) >= 11 is 0. The van der Waals surface area contributed by atoms with E-state index in [2.05, 4.69) is 16.1 Å². The van der Waals surface area contributed by atoms with E-state index in [1.165, 1.54) is 25.7 Å². The zero-order valence-electron chi connectivity index (χ0n) is 16.0. The third-order valence-electron chi connectivity index (χ3n) is 4.65. The van der Waals surface area contributed by atoms with Gasteiger partial charge in [-0.3, -0.25) is 0 Å². The SMILES string of the molecule is CCCCCCCCCC(CCCCCCCC(=O)OO)S(=O)(=O)OO. The van der Waals surface area contributed by atoms with Gasteiger partial charge in [0, 0.05) is 6.42 Å². The van der Waals surface area contributed by atoms with E-state index in [0.29, 0.717) is 19.3 Å². The average Bonchev–Trinajstić information content (AvgIpc) is 2.64. The molecule has 0 fully saturated rings. The van der Waals surface area contributed by atoms with Crippen molar-refractivity contribution in [3.05, 3.63) is 0 Å². The maximum atomic E-state index is 11.8. The molecule has 0 saturated heterocycles. The highest BCUT2D eigenvalue weighted by Crippen LogP contribution is 2.20. The normalized spacial score (nSPS) is 12.9. The molecule has 0 aromatic carbocycles. The van der Waals surface area contributed by atoms with Gasteiger partial charge in [-0.1, -0.05) is 77.6 Å². The lowest BCUT2D eigenvalue weighted by Gasteiger charge is -2.15. The van der Waals surface area contributed by atoms with Crippen molar-refractivity contribution >= 4 is 16.1 Å². The highest BCUT2D eigenvalue weighted by molar-refractivity contribution is 7.87. The minimum absolute atomic E-state index is 0.185. The first-order chi connectivity index (χ1) is 12.5. The lowest BCUT2D eigenvalue weighted by atomic mass is 10.0. The predicted molar refractivity (Wildman–Crippen MR) is 100 cm³/mol. The minimum Gasteiger partial charge on any atom is -0.301 e. The van der Waals surface area contributed by atoms with Crippen molar-refractivity contribution in [2.45, 2.75) is 108 Å². The van der Waals surface area contributed by atoms with Crippen LogP contribution in [0.3, 0.4) is 0 Å². The van der Waals surface area contributed by atoms with Crippen LogP contribution in [0.2, 0.25) is 0 Å². The molecule has 0 radical (unpaired) electrons. The van der Waals surface area contributed by atoms with E-state index >= 15 is 0 Å². The second-order valence-electron chi connectivity index (χ2n) is 6.87. The Labute approximate surface area is 158 Å². The van der Waals surface area contributed by atoms with Crippen LogP contribution in [0, 0.1) is 0 Å². The van der Waals surface area contributed by atoms with Gasteiger partial charge in [0.1, 0.15) is 0 Å². The van der Waals surface area contributed by atoms with Gasteiger partial charge in [0.2, 0.25) is 0 Å².